The molecule has 2 heterocycles. The van der Waals surface area contributed by atoms with Crippen molar-refractivity contribution in [3.05, 3.63) is 36.0 Å². The van der Waals surface area contributed by atoms with E-state index in [4.69, 9.17) is 4.74 Å². The van der Waals surface area contributed by atoms with E-state index in [0.717, 1.165) is 50.3 Å². The van der Waals surface area contributed by atoms with E-state index >= 15 is 0 Å². The standard InChI is InChI=1S/C15H20N2O2/c18-12-13-11-17(15-4-2-1-3-14(13)15)6-5-16-7-9-19-10-8-16/h1-4,11,18H,5-10,12H2. The second-order valence-corrected chi connectivity index (χ2v) is 4.98. The van der Waals surface area contributed by atoms with Crippen LogP contribution in [-0.4, -0.2) is 47.4 Å². The van der Waals surface area contributed by atoms with Crippen LogP contribution < -0.4 is 0 Å². The number of fused-ring (bicyclic) bond motifs is 1. The van der Waals surface area contributed by atoms with Crippen molar-refractivity contribution in [1.29, 1.82) is 0 Å². The van der Waals surface area contributed by atoms with Crippen molar-refractivity contribution in [3.63, 3.8) is 0 Å². The highest BCUT2D eigenvalue weighted by Gasteiger charge is 2.11. The van der Waals surface area contributed by atoms with E-state index in [-0.39, 0.29) is 6.61 Å². The maximum atomic E-state index is 9.43. The summed E-state index contributed by atoms with van der Waals surface area (Å²) in [5, 5.41) is 10.6. The third-order valence-corrected chi connectivity index (χ3v) is 3.80. The second-order valence-electron chi connectivity index (χ2n) is 4.98. The van der Waals surface area contributed by atoms with Gasteiger partial charge in [-0.3, -0.25) is 4.90 Å². The maximum Gasteiger partial charge on any atom is 0.0702 e. The largest absolute Gasteiger partial charge is 0.392 e. The van der Waals surface area contributed by atoms with Crippen LogP contribution in [-0.2, 0) is 17.9 Å². The number of nitrogens with zero attached hydrogens (tertiary/aromatic N) is 2. The zero-order valence-electron chi connectivity index (χ0n) is 11.1. The van der Waals surface area contributed by atoms with E-state index < -0.39 is 0 Å². The number of para-hydroxylation sites is 1. The SMILES string of the molecule is OCc1cn(CCN2CCOCC2)c2ccccc12. The van der Waals surface area contributed by atoms with Crippen LogP contribution in [0.5, 0.6) is 0 Å². The van der Waals surface area contributed by atoms with E-state index in [0.29, 0.717) is 0 Å². The average molecular weight is 260 g/mol. The smallest absolute Gasteiger partial charge is 0.0702 e. The number of ether oxygens (including phenoxy) is 1. The molecule has 0 unspecified atom stereocenters. The molecule has 2 aromatic rings. The van der Waals surface area contributed by atoms with Gasteiger partial charge in [-0.15, -0.1) is 0 Å². The molecule has 1 aromatic heterocycles. The quantitative estimate of drug-likeness (QED) is 0.904. The Morgan fingerprint density at radius 2 is 1.89 bits per heavy atom. The third-order valence-electron chi connectivity index (χ3n) is 3.80. The molecule has 0 amide bonds. The monoisotopic (exact) mass is 260 g/mol. The topological polar surface area (TPSA) is 37.6 Å². The van der Waals surface area contributed by atoms with Crippen LogP contribution in [0.25, 0.3) is 10.9 Å². The van der Waals surface area contributed by atoms with Gasteiger partial charge in [-0.05, 0) is 6.07 Å². The lowest BCUT2D eigenvalue weighted by atomic mass is 10.2. The van der Waals surface area contributed by atoms with Gasteiger partial charge in [-0.2, -0.15) is 0 Å². The van der Waals surface area contributed by atoms with Gasteiger partial charge in [-0.1, -0.05) is 18.2 Å². The molecule has 1 aliphatic heterocycles. The minimum atomic E-state index is 0.102. The van der Waals surface area contributed by atoms with E-state index in [1.54, 1.807) is 0 Å². The Morgan fingerprint density at radius 1 is 1.11 bits per heavy atom. The summed E-state index contributed by atoms with van der Waals surface area (Å²) >= 11 is 0. The summed E-state index contributed by atoms with van der Waals surface area (Å²) < 4.78 is 7.61. The van der Waals surface area contributed by atoms with Crippen molar-refractivity contribution in [1.82, 2.24) is 9.47 Å². The van der Waals surface area contributed by atoms with Gasteiger partial charge in [0.15, 0.2) is 0 Å². The summed E-state index contributed by atoms with van der Waals surface area (Å²) in [6.45, 7) is 5.82. The Bertz CT molecular complexity index is 544. The predicted octanol–water partition coefficient (Wildman–Crippen LogP) is 1.47. The van der Waals surface area contributed by atoms with Crippen LogP contribution >= 0.6 is 0 Å². The van der Waals surface area contributed by atoms with Crippen LogP contribution in [0.3, 0.4) is 0 Å². The number of rotatable bonds is 4. The first-order valence-corrected chi connectivity index (χ1v) is 6.86. The normalized spacial score (nSPS) is 17.1. The summed E-state index contributed by atoms with van der Waals surface area (Å²) in [5.74, 6) is 0. The fraction of sp³-hybridized carbons (Fsp3) is 0.467. The number of benzene rings is 1. The molecule has 1 saturated heterocycles. The molecule has 19 heavy (non-hydrogen) atoms. The Morgan fingerprint density at radius 3 is 2.68 bits per heavy atom. The molecule has 1 aromatic carbocycles. The van der Waals surface area contributed by atoms with E-state index in [1.165, 1.54) is 5.52 Å². The van der Waals surface area contributed by atoms with Crippen molar-refractivity contribution in [2.75, 3.05) is 32.8 Å². The Balaban J connectivity index is 1.76. The minimum absolute atomic E-state index is 0.102. The van der Waals surface area contributed by atoms with Crippen molar-refractivity contribution in [3.8, 4) is 0 Å². The molecular formula is C15H20N2O2. The Hall–Kier alpha value is -1.36. The van der Waals surface area contributed by atoms with Gasteiger partial charge in [0.1, 0.15) is 0 Å². The molecule has 0 radical (unpaired) electrons. The van der Waals surface area contributed by atoms with Crippen LogP contribution in [0, 0.1) is 0 Å². The summed E-state index contributed by atoms with van der Waals surface area (Å²) in [6.07, 6.45) is 2.07. The van der Waals surface area contributed by atoms with Gasteiger partial charge in [0, 0.05) is 48.8 Å². The Labute approximate surface area is 113 Å². The lowest BCUT2D eigenvalue weighted by molar-refractivity contribution is 0.0365. The molecule has 1 aliphatic rings. The molecule has 0 saturated carbocycles. The minimum Gasteiger partial charge on any atom is -0.392 e. The fourth-order valence-corrected chi connectivity index (χ4v) is 2.71. The molecule has 3 rings (SSSR count). The van der Waals surface area contributed by atoms with Crippen LogP contribution in [0.2, 0.25) is 0 Å². The summed E-state index contributed by atoms with van der Waals surface area (Å²) in [6, 6.07) is 8.27. The number of morpholine rings is 1. The Kier molecular flexibility index (Phi) is 3.82. The number of aliphatic hydroxyl groups excluding tert-OH is 1. The highest BCUT2D eigenvalue weighted by Crippen LogP contribution is 2.21. The van der Waals surface area contributed by atoms with E-state index in [9.17, 15) is 5.11 Å². The third kappa shape index (κ3) is 2.66. The van der Waals surface area contributed by atoms with Crippen molar-refractivity contribution < 1.29 is 9.84 Å². The summed E-state index contributed by atoms with van der Waals surface area (Å²) in [5.41, 5.74) is 2.22. The number of aromatic nitrogens is 1. The van der Waals surface area contributed by atoms with Gasteiger partial charge in [0.05, 0.1) is 19.8 Å². The molecule has 102 valence electrons. The first-order valence-electron chi connectivity index (χ1n) is 6.86. The predicted molar refractivity (Wildman–Crippen MR) is 75.1 cm³/mol. The first kappa shape index (κ1) is 12.7. The molecule has 1 N–H and O–H groups in total. The summed E-state index contributed by atoms with van der Waals surface area (Å²) in [4.78, 5) is 2.43. The molecule has 1 fully saturated rings. The molecular weight excluding hydrogens is 240 g/mol. The lowest BCUT2D eigenvalue weighted by Crippen LogP contribution is -2.38. The van der Waals surface area contributed by atoms with E-state index in [1.807, 2.05) is 6.07 Å². The van der Waals surface area contributed by atoms with Gasteiger partial charge < -0.3 is 14.4 Å². The molecule has 0 aliphatic carbocycles. The first-order chi connectivity index (χ1) is 9.38. The van der Waals surface area contributed by atoms with Crippen molar-refractivity contribution in [2.24, 2.45) is 0 Å². The van der Waals surface area contributed by atoms with Gasteiger partial charge >= 0.3 is 0 Å². The molecule has 4 heteroatoms. The fourth-order valence-electron chi connectivity index (χ4n) is 2.71. The van der Waals surface area contributed by atoms with Crippen LogP contribution in [0.4, 0.5) is 0 Å². The lowest BCUT2D eigenvalue weighted by Gasteiger charge is -2.26. The number of aliphatic hydroxyl groups is 1. The second kappa shape index (κ2) is 5.74. The zero-order valence-corrected chi connectivity index (χ0v) is 11.1. The van der Waals surface area contributed by atoms with E-state index in [2.05, 4.69) is 33.9 Å². The number of hydrogen-bond acceptors (Lipinski definition) is 3. The van der Waals surface area contributed by atoms with Crippen LogP contribution in [0.15, 0.2) is 30.5 Å². The number of hydrogen-bond donors (Lipinski definition) is 1. The molecule has 4 nitrogen and oxygen atoms in total. The highest BCUT2D eigenvalue weighted by atomic mass is 16.5. The summed E-state index contributed by atoms with van der Waals surface area (Å²) in [7, 11) is 0. The van der Waals surface area contributed by atoms with Gasteiger partial charge in [0.2, 0.25) is 0 Å². The van der Waals surface area contributed by atoms with Crippen LogP contribution in [0.1, 0.15) is 5.56 Å². The zero-order chi connectivity index (χ0) is 13.1. The molecule has 0 bridgehead atoms. The molecule has 0 spiro atoms. The average Bonchev–Trinajstić information content (AvgIpc) is 2.84. The van der Waals surface area contributed by atoms with Crippen molar-refractivity contribution >= 4 is 10.9 Å². The van der Waals surface area contributed by atoms with Gasteiger partial charge in [0.25, 0.3) is 0 Å². The van der Waals surface area contributed by atoms with Gasteiger partial charge in [-0.25, -0.2) is 0 Å². The maximum absolute atomic E-state index is 9.43. The molecule has 0 atom stereocenters. The van der Waals surface area contributed by atoms with Crippen molar-refractivity contribution in [2.45, 2.75) is 13.2 Å². The highest BCUT2D eigenvalue weighted by molar-refractivity contribution is 5.83.